The summed E-state index contributed by atoms with van der Waals surface area (Å²) in [5.74, 6) is 0.208. The number of benzene rings is 1. The third-order valence-corrected chi connectivity index (χ3v) is 4.51. The molecule has 1 heterocycles. The van der Waals surface area contributed by atoms with Gasteiger partial charge in [0.25, 0.3) is 0 Å². The summed E-state index contributed by atoms with van der Waals surface area (Å²) in [6.45, 7) is 1.29. The zero-order valence-electron chi connectivity index (χ0n) is 13.9. The van der Waals surface area contributed by atoms with Crippen molar-refractivity contribution in [2.45, 2.75) is 12.5 Å². The van der Waals surface area contributed by atoms with E-state index >= 15 is 0 Å². The Morgan fingerprint density at radius 2 is 2.00 bits per heavy atom. The first-order valence-electron chi connectivity index (χ1n) is 7.54. The van der Waals surface area contributed by atoms with Gasteiger partial charge >= 0.3 is 0 Å². The third kappa shape index (κ3) is 6.74. The molecule has 1 aromatic carbocycles. The summed E-state index contributed by atoms with van der Waals surface area (Å²) in [6, 6.07) is 10.7. The standard InChI is InChI=1S/C17H23FN4S.HI/c1-22(2)16(13-5-7-14(18)8-6-13)12-21-17(19)20-10-9-15-4-3-11-23-15;/h3-8,11,16H,9-10,12H2,1-2H3,(H3,19,20,21);1H. The molecule has 1 atom stereocenters. The number of hydrogen-bond donors (Lipinski definition) is 2. The van der Waals surface area contributed by atoms with Crippen molar-refractivity contribution < 1.29 is 4.39 Å². The second-order valence-electron chi connectivity index (χ2n) is 5.51. The number of nitrogens with two attached hydrogens (primary N) is 1. The van der Waals surface area contributed by atoms with E-state index in [2.05, 4.69) is 26.7 Å². The van der Waals surface area contributed by atoms with Gasteiger partial charge in [-0.15, -0.1) is 35.3 Å². The molecular weight excluding hydrogens is 438 g/mol. The minimum atomic E-state index is -0.232. The molecule has 1 unspecified atom stereocenters. The lowest BCUT2D eigenvalue weighted by atomic mass is 10.1. The van der Waals surface area contributed by atoms with Gasteiger partial charge in [0.1, 0.15) is 5.82 Å². The number of thiophene rings is 1. The van der Waals surface area contributed by atoms with Gasteiger partial charge in [-0.25, -0.2) is 4.39 Å². The lowest BCUT2D eigenvalue weighted by molar-refractivity contribution is 0.306. The first kappa shape index (κ1) is 20.9. The first-order chi connectivity index (χ1) is 11.1. The number of aliphatic imine (C=N–C) groups is 1. The SMILES string of the molecule is CN(C)C(CN=C(N)NCCc1cccs1)c1ccc(F)cc1.I. The lowest BCUT2D eigenvalue weighted by Gasteiger charge is -2.23. The summed E-state index contributed by atoms with van der Waals surface area (Å²) >= 11 is 1.74. The molecule has 0 amide bonds. The highest BCUT2D eigenvalue weighted by molar-refractivity contribution is 14.0. The molecular formula is C17H24FIN4S. The molecule has 0 aliphatic carbocycles. The molecule has 2 aromatic rings. The predicted molar refractivity (Wildman–Crippen MR) is 111 cm³/mol. The molecule has 1 aromatic heterocycles. The summed E-state index contributed by atoms with van der Waals surface area (Å²) < 4.78 is 13.1. The van der Waals surface area contributed by atoms with Crippen LogP contribution in [0.1, 0.15) is 16.5 Å². The van der Waals surface area contributed by atoms with Gasteiger partial charge in [-0.3, -0.25) is 4.99 Å². The summed E-state index contributed by atoms with van der Waals surface area (Å²) in [5.41, 5.74) is 6.95. The Morgan fingerprint density at radius 3 is 2.58 bits per heavy atom. The van der Waals surface area contributed by atoms with E-state index < -0.39 is 0 Å². The van der Waals surface area contributed by atoms with Crippen LogP contribution in [0.5, 0.6) is 0 Å². The molecule has 0 bridgehead atoms. The average molecular weight is 462 g/mol. The minimum Gasteiger partial charge on any atom is -0.370 e. The fourth-order valence-corrected chi connectivity index (χ4v) is 2.97. The van der Waals surface area contributed by atoms with Crippen LogP contribution in [0.4, 0.5) is 4.39 Å². The van der Waals surface area contributed by atoms with Crippen molar-refractivity contribution >= 4 is 41.3 Å². The van der Waals surface area contributed by atoms with Crippen LogP contribution in [0.3, 0.4) is 0 Å². The molecule has 0 radical (unpaired) electrons. The molecule has 24 heavy (non-hydrogen) atoms. The molecule has 0 aliphatic rings. The van der Waals surface area contributed by atoms with Crippen molar-refractivity contribution in [2.24, 2.45) is 10.7 Å². The number of hydrogen-bond acceptors (Lipinski definition) is 3. The van der Waals surface area contributed by atoms with Crippen LogP contribution < -0.4 is 11.1 Å². The minimum absolute atomic E-state index is 0. The summed E-state index contributed by atoms with van der Waals surface area (Å²) in [5, 5.41) is 5.20. The van der Waals surface area contributed by atoms with Crippen molar-refractivity contribution in [1.82, 2.24) is 10.2 Å². The zero-order valence-corrected chi connectivity index (χ0v) is 17.1. The Hall–Kier alpha value is -1.19. The van der Waals surface area contributed by atoms with E-state index in [1.165, 1.54) is 17.0 Å². The van der Waals surface area contributed by atoms with Gasteiger partial charge in [0, 0.05) is 11.4 Å². The second kappa shape index (κ2) is 10.6. The van der Waals surface area contributed by atoms with Crippen molar-refractivity contribution in [1.29, 1.82) is 0 Å². The van der Waals surface area contributed by atoms with Crippen molar-refractivity contribution in [2.75, 3.05) is 27.2 Å². The van der Waals surface area contributed by atoms with Crippen LogP contribution in [0.2, 0.25) is 0 Å². The molecule has 2 rings (SSSR count). The van der Waals surface area contributed by atoms with Gasteiger partial charge in [-0.05, 0) is 49.7 Å². The van der Waals surface area contributed by atoms with Crippen LogP contribution in [-0.4, -0.2) is 38.0 Å². The molecule has 0 fully saturated rings. The van der Waals surface area contributed by atoms with Crippen LogP contribution in [0, 0.1) is 5.82 Å². The number of halogens is 2. The Morgan fingerprint density at radius 1 is 1.29 bits per heavy atom. The molecule has 0 aliphatic heterocycles. The van der Waals surface area contributed by atoms with Gasteiger partial charge < -0.3 is 16.0 Å². The fraction of sp³-hybridized carbons (Fsp3) is 0.353. The topological polar surface area (TPSA) is 53.6 Å². The summed E-state index contributed by atoms with van der Waals surface area (Å²) in [6.07, 6.45) is 0.933. The molecule has 0 saturated carbocycles. The third-order valence-electron chi connectivity index (χ3n) is 3.57. The highest BCUT2D eigenvalue weighted by atomic mass is 127. The van der Waals surface area contributed by atoms with E-state index in [1.807, 2.05) is 20.2 Å². The molecule has 4 nitrogen and oxygen atoms in total. The van der Waals surface area contributed by atoms with Gasteiger partial charge in [-0.1, -0.05) is 18.2 Å². The van der Waals surface area contributed by atoms with Gasteiger partial charge in [0.05, 0.1) is 12.6 Å². The zero-order chi connectivity index (χ0) is 16.7. The lowest BCUT2D eigenvalue weighted by Crippen LogP contribution is -2.34. The number of nitrogens with zero attached hydrogens (tertiary/aromatic N) is 2. The smallest absolute Gasteiger partial charge is 0.188 e. The predicted octanol–water partition coefficient (Wildman–Crippen LogP) is 3.25. The van der Waals surface area contributed by atoms with Crippen molar-refractivity contribution in [3.05, 3.63) is 58.0 Å². The van der Waals surface area contributed by atoms with Crippen molar-refractivity contribution in [3.63, 3.8) is 0 Å². The molecule has 3 N–H and O–H groups in total. The Balaban J connectivity index is 0.00000288. The van der Waals surface area contributed by atoms with Crippen molar-refractivity contribution in [3.8, 4) is 0 Å². The Labute approximate surface area is 164 Å². The van der Waals surface area contributed by atoms with E-state index in [4.69, 9.17) is 5.73 Å². The van der Waals surface area contributed by atoms with E-state index in [9.17, 15) is 4.39 Å². The first-order valence-corrected chi connectivity index (χ1v) is 8.42. The van der Waals surface area contributed by atoms with Crippen LogP contribution >= 0.6 is 35.3 Å². The maximum Gasteiger partial charge on any atom is 0.188 e. The van der Waals surface area contributed by atoms with E-state index in [0.717, 1.165) is 18.5 Å². The highest BCUT2D eigenvalue weighted by Crippen LogP contribution is 2.18. The largest absolute Gasteiger partial charge is 0.370 e. The number of rotatable bonds is 7. The maximum absolute atomic E-state index is 13.1. The van der Waals surface area contributed by atoms with Crippen LogP contribution in [0.25, 0.3) is 0 Å². The Kier molecular flexibility index (Phi) is 9.24. The number of guanidine groups is 1. The van der Waals surface area contributed by atoms with E-state index in [0.29, 0.717) is 12.5 Å². The molecule has 0 saturated heterocycles. The molecule has 132 valence electrons. The summed E-state index contributed by atoms with van der Waals surface area (Å²) in [7, 11) is 3.95. The monoisotopic (exact) mass is 462 g/mol. The van der Waals surface area contributed by atoms with Crippen LogP contribution in [-0.2, 0) is 6.42 Å². The normalized spacial score (nSPS) is 12.8. The average Bonchev–Trinajstić information content (AvgIpc) is 3.02. The van der Waals surface area contributed by atoms with E-state index in [1.54, 1.807) is 23.5 Å². The van der Waals surface area contributed by atoms with Gasteiger partial charge in [0.2, 0.25) is 0 Å². The summed E-state index contributed by atoms with van der Waals surface area (Å²) in [4.78, 5) is 7.79. The van der Waals surface area contributed by atoms with Gasteiger partial charge in [0.15, 0.2) is 5.96 Å². The maximum atomic E-state index is 13.1. The van der Waals surface area contributed by atoms with Gasteiger partial charge in [-0.2, -0.15) is 0 Å². The Bertz CT molecular complexity index is 614. The van der Waals surface area contributed by atoms with Crippen LogP contribution in [0.15, 0.2) is 46.8 Å². The quantitative estimate of drug-likeness (QED) is 0.378. The van der Waals surface area contributed by atoms with E-state index in [-0.39, 0.29) is 35.8 Å². The number of nitrogens with one attached hydrogen (secondary N) is 1. The molecule has 0 spiro atoms. The number of likely N-dealkylation sites (N-methyl/N-ethyl adjacent to an activating group) is 1. The highest BCUT2D eigenvalue weighted by Gasteiger charge is 2.13. The second-order valence-corrected chi connectivity index (χ2v) is 6.55. The fourth-order valence-electron chi connectivity index (χ4n) is 2.26. The molecule has 7 heteroatoms.